The van der Waals surface area contributed by atoms with Crippen molar-refractivity contribution >= 4 is 46.1 Å². The number of methoxy groups -OCH3 is 1. The number of thioether (sulfide) groups is 1. The van der Waals surface area contributed by atoms with Crippen molar-refractivity contribution in [3.05, 3.63) is 23.2 Å². The Labute approximate surface area is 162 Å². The number of hydrogen-bond donors (Lipinski definition) is 1. The van der Waals surface area contributed by atoms with E-state index in [1.54, 1.807) is 13.2 Å². The lowest BCUT2D eigenvalue weighted by Crippen LogP contribution is -2.44. The summed E-state index contributed by atoms with van der Waals surface area (Å²) in [5.74, 6) is 0.00282. The number of benzene rings is 1. The Morgan fingerprint density at radius 2 is 2.12 bits per heavy atom. The maximum atomic E-state index is 12.3. The van der Waals surface area contributed by atoms with Gasteiger partial charge in [0.2, 0.25) is 5.91 Å². The van der Waals surface area contributed by atoms with Crippen LogP contribution in [0.2, 0.25) is 5.02 Å². The Balaban J connectivity index is 2.14. The number of fused-ring (bicyclic) bond motifs is 1. The van der Waals surface area contributed by atoms with Crippen LogP contribution in [0.5, 0.6) is 0 Å². The van der Waals surface area contributed by atoms with Crippen molar-refractivity contribution in [1.29, 1.82) is 0 Å². The highest BCUT2D eigenvalue weighted by atomic mass is 35.5. The highest BCUT2D eigenvalue weighted by Gasteiger charge is 2.21. The zero-order valence-corrected chi connectivity index (χ0v) is 17.0. The van der Waals surface area contributed by atoms with Gasteiger partial charge < -0.3 is 14.6 Å². The van der Waals surface area contributed by atoms with E-state index in [-0.39, 0.29) is 23.4 Å². The number of carbonyl (C=O) groups is 2. The fraction of sp³-hybridized carbons (Fsp3) is 0.500. The minimum absolute atomic E-state index is 0.0414. The summed E-state index contributed by atoms with van der Waals surface area (Å²) in [6.07, 6.45) is 0. The first-order valence-corrected chi connectivity index (χ1v) is 9.77. The van der Waals surface area contributed by atoms with E-state index < -0.39 is 6.04 Å². The first kappa shape index (κ1) is 20.7. The number of nitrogens with one attached hydrogen (secondary N) is 1. The van der Waals surface area contributed by atoms with Crippen molar-refractivity contribution in [3.8, 4) is 0 Å². The molecule has 1 heterocycles. The molecule has 0 aliphatic carbocycles. The molecule has 1 amide bonds. The minimum Gasteiger partial charge on any atom is -0.383 e. The number of imidazole rings is 1. The second-order valence-electron chi connectivity index (χ2n) is 6.36. The van der Waals surface area contributed by atoms with E-state index in [0.717, 1.165) is 16.2 Å². The molecule has 0 saturated carbocycles. The standard InChI is InChI=1S/C18H24ClN3O3S/c1-11(2)17(12(3)23)21-16(24)10-26-18-20-14-9-13(19)5-6-15(14)22(18)7-8-25-4/h5-6,9,11,17H,7-8,10H2,1-4H3,(H,21,24). The number of ketones is 1. The second-order valence-corrected chi connectivity index (χ2v) is 7.74. The van der Waals surface area contributed by atoms with Crippen molar-refractivity contribution in [2.24, 2.45) is 5.92 Å². The lowest BCUT2D eigenvalue weighted by Gasteiger charge is -2.19. The average Bonchev–Trinajstić information content (AvgIpc) is 2.91. The molecule has 0 aliphatic rings. The van der Waals surface area contributed by atoms with Crippen molar-refractivity contribution in [3.63, 3.8) is 0 Å². The Morgan fingerprint density at radius 3 is 2.73 bits per heavy atom. The van der Waals surface area contributed by atoms with Crippen molar-refractivity contribution in [2.45, 2.75) is 38.5 Å². The number of halogens is 1. The number of amides is 1. The molecule has 0 aliphatic heterocycles. The monoisotopic (exact) mass is 397 g/mol. The number of hydrogen-bond acceptors (Lipinski definition) is 5. The summed E-state index contributed by atoms with van der Waals surface area (Å²) in [5.41, 5.74) is 1.72. The molecule has 1 aromatic carbocycles. The predicted molar refractivity (Wildman–Crippen MR) is 105 cm³/mol. The molecule has 0 radical (unpaired) electrons. The summed E-state index contributed by atoms with van der Waals surface area (Å²) >= 11 is 7.38. The van der Waals surface area contributed by atoms with E-state index >= 15 is 0 Å². The summed E-state index contributed by atoms with van der Waals surface area (Å²) < 4.78 is 7.18. The Bertz CT molecular complexity index is 791. The molecule has 1 atom stereocenters. The smallest absolute Gasteiger partial charge is 0.231 e. The summed E-state index contributed by atoms with van der Waals surface area (Å²) in [4.78, 5) is 28.5. The van der Waals surface area contributed by atoms with Gasteiger partial charge in [0.15, 0.2) is 10.9 Å². The van der Waals surface area contributed by atoms with Crippen molar-refractivity contribution in [2.75, 3.05) is 19.5 Å². The molecule has 2 aromatic rings. The van der Waals surface area contributed by atoms with Crippen LogP contribution < -0.4 is 5.32 Å². The maximum Gasteiger partial charge on any atom is 0.231 e. The van der Waals surface area contributed by atoms with Gasteiger partial charge in [0.05, 0.1) is 29.4 Å². The molecule has 2 rings (SSSR count). The zero-order chi connectivity index (χ0) is 19.3. The van der Waals surface area contributed by atoms with Gasteiger partial charge in [0, 0.05) is 18.7 Å². The Hall–Kier alpha value is -1.57. The number of aromatic nitrogens is 2. The van der Waals surface area contributed by atoms with Crippen molar-refractivity contribution in [1.82, 2.24) is 14.9 Å². The molecule has 0 fully saturated rings. The van der Waals surface area contributed by atoms with Crippen LogP contribution in [0.1, 0.15) is 20.8 Å². The second kappa shape index (κ2) is 9.39. The summed E-state index contributed by atoms with van der Waals surface area (Å²) in [6, 6.07) is 5.06. The SMILES string of the molecule is COCCn1c(SCC(=O)NC(C(C)=O)C(C)C)nc2cc(Cl)ccc21. The molecule has 1 unspecified atom stereocenters. The van der Waals surface area contributed by atoms with Gasteiger partial charge in [-0.2, -0.15) is 0 Å². The Morgan fingerprint density at radius 1 is 1.38 bits per heavy atom. The maximum absolute atomic E-state index is 12.3. The van der Waals surface area contributed by atoms with E-state index in [1.165, 1.54) is 18.7 Å². The van der Waals surface area contributed by atoms with Crippen LogP contribution in [0, 0.1) is 5.92 Å². The van der Waals surface area contributed by atoms with Crippen LogP contribution in [0.4, 0.5) is 0 Å². The fourth-order valence-corrected chi connectivity index (χ4v) is 3.69. The first-order chi connectivity index (χ1) is 12.3. The van der Waals surface area contributed by atoms with Crippen LogP contribution in [-0.4, -0.2) is 46.8 Å². The third kappa shape index (κ3) is 5.22. The predicted octanol–water partition coefficient (Wildman–Crippen LogP) is 3.16. The number of Topliss-reactive ketones (excluding diaryl/α,β-unsaturated/α-hetero) is 1. The molecule has 1 N–H and O–H groups in total. The van der Waals surface area contributed by atoms with Crippen LogP contribution in [0.25, 0.3) is 11.0 Å². The molecule has 8 heteroatoms. The molecular formula is C18H24ClN3O3S. The van der Waals surface area contributed by atoms with E-state index in [0.29, 0.717) is 18.2 Å². The fourth-order valence-electron chi connectivity index (χ4n) is 2.67. The van der Waals surface area contributed by atoms with Gasteiger partial charge in [-0.3, -0.25) is 9.59 Å². The number of carbonyl (C=O) groups excluding carboxylic acids is 2. The molecule has 6 nitrogen and oxygen atoms in total. The largest absolute Gasteiger partial charge is 0.383 e. The normalized spacial score (nSPS) is 12.5. The lowest BCUT2D eigenvalue weighted by atomic mass is 10.0. The van der Waals surface area contributed by atoms with Gasteiger partial charge in [0.1, 0.15) is 0 Å². The first-order valence-electron chi connectivity index (χ1n) is 8.40. The molecule has 0 bridgehead atoms. The van der Waals surface area contributed by atoms with E-state index in [9.17, 15) is 9.59 Å². The van der Waals surface area contributed by atoms with Crippen LogP contribution >= 0.6 is 23.4 Å². The zero-order valence-electron chi connectivity index (χ0n) is 15.4. The third-order valence-corrected chi connectivity index (χ3v) is 5.16. The quantitative estimate of drug-likeness (QED) is 0.658. The van der Waals surface area contributed by atoms with Gasteiger partial charge in [-0.05, 0) is 31.0 Å². The number of ether oxygens (including phenoxy) is 1. The number of rotatable bonds is 9. The van der Waals surface area contributed by atoms with Gasteiger partial charge in [-0.25, -0.2) is 4.98 Å². The molecule has 0 saturated heterocycles. The van der Waals surface area contributed by atoms with Crippen LogP contribution in [0.3, 0.4) is 0 Å². The Kier molecular flexibility index (Phi) is 7.49. The molecule has 1 aromatic heterocycles. The average molecular weight is 398 g/mol. The van der Waals surface area contributed by atoms with E-state index in [4.69, 9.17) is 16.3 Å². The lowest BCUT2D eigenvalue weighted by molar-refractivity contribution is -0.126. The molecular weight excluding hydrogens is 374 g/mol. The highest BCUT2D eigenvalue weighted by Crippen LogP contribution is 2.26. The minimum atomic E-state index is -0.464. The van der Waals surface area contributed by atoms with Crippen LogP contribution in [-0.2, 0) is 20.9 Å². The topological polar surface area (TPSA) is 73.2 Å². The van der Waals surface area contributed by atoms with Gasteiger partial charge in [-0.15, -0.1) is 0 Å². The van der Waals surface area contributed by atoms with Crippen LogP contribution in [0.15, 0.2) is 23.4 Å². The van der Waals surface area contributed by atoms with Gasteiger partial charge in [-0.1, -0.05) is 37.2 Å². The summed E-state index contributed by atoms with van der Waals surface area (Å²) in [5, 5.41) is 4.14. The highest BCUT2D eigenvalue weighted by molar-refractivity contribution is 7.99. The van der Waals surface area contributed by atoms with E-state index in [1.807, 2.05) is 30.5 Å². The molecule has 26 heavy (non-hydrogen) atoms. The number of nitrogens with zero attached hydrogens (tertiary/aromatic N) is 2. The summed E-state index contributed by atoms with van der Waals surface area (Å²) in [6.45, 7) is 6.47. The molecule has 0 spiro atoms. The third-order valence-electron chi connectivity index (χ3n) is 3.95. The molecule has 142 valence electrons. The van der Waals surface area contributed by atoms with Crippen molar-refractivity contribution < 1.29 is 14.3 Å². The summed E-state index contributed by atoms with van der Waals surface area (Å²) in [7, 11) is 1.64. The van der Waals surface area contributed by atoms with Gasteiger partial charge >= 0.3 is 0 Å². The van der Waals surface area contributed by atoms with E-state index in [2.05, 4.69) is 10.3 Å². The van der Waals surface area contributed by atoms with Gasteiger partial charge in [0.25, 0.3) is 0 Å².